The topological polar surface area (TPSA) is 72.2 Å². The standard InChI is InChI=1S/3C7H18N2.3CH3.La/c3*1-6(2)8-5-9-7(3)4;;;;/h3*6-9H,5H2,1-4H3;3*1H3;/q;;;3*-1;+3. The molecule has 31 heavy (non-hydrogen) atoms. The van der Waals surface area contributed by atoms with E-state index in [9.17, 15) is 0 Å². The summed E-state index contributed by atoms with van der Waals surface area (Å²) in [6.07, 6.45) is 0. The number of hydrogen-bond donors (Lipinski definition) is 6. The summed E-state index contributed by atoms with van der Waals surface area (Å²) in [5.41, 5.74) is 0. The summed E-state index contributed by atoms with van der Waals surface area (Å²) in [7, 11) is 0. The van der Waals surface area contributed by atoms with E-state index in [1.807, 2.05) is 0 Å². The van der Waals surface area contributed by atoms with Gasteiger partial charge in [-0.15, -0.1) is 0 Å². The van der Waals surface area contributed by atoms with Crippen molar-refractivity contribution in [3.8, 4) is 0 Å². The average Bonchev–Trinajstić information content (AvgIpc) is 2.46. The van der Waals surface area contributed by atoms with Crippen LogP contribution in [0, 0.1) is 57.9 Å². The minimum atomic E-state index is 0. The van der Waals surface area contributed by atoms with Crippen LogP contribution in [0.2, 0.25) is 0 Å². The van der Waals surface area contributed by atoms with Crippen molar-refractivity contribution in [3.63, 3.8) is 0 Å². The Morgan fingerprint density at radius 2 is 0.419 bits per heavy atom. The van der Waals surface area contributed by atoms with Gasteiger partial charge in [-0.2, -0.15) is 0 Å². The third-order valence-electron chi connectivity index (χ3n) is 3.06. The Morgan fingerprint density at radius 1 is 0.323 bits per heavy atom. The summed E-state index contributed by atoms with van der Waals surface area (Å²) in [5.74, 6) is 0. The van der Waals surface area contributed by atoms with Crippen molar-refractivity contribution >= 4 is 0 Å². The van der Waals surface area contributed by atoms with Crippen LogP contribution in [-0.2, 0) is 0 Å². The van der Waals surface area contributed by atoms with Gasteiger partial charge in [0.05, 0.1) is 0 Å². The molecule has 0 heterocycles. The van der Waals surface area contributed by atoms with Crippen molar-refractivity contribution in [1.82, 2.24) is 31.9 Å². The second-order valence-corrected chi connectivity index (χ2v) is 8.68. The van der Waals surface area contributed by atoms with Crippen molar-refractivity contribution in [2.24, 2.45) is 0 Å². The van der Waals surface area contributed by atoms with Gasteiger partial charge in [0.15, 0.2) is 0 Å². The summed E-state index contributed by atoms with van der Waals surface area (Å²) in [6.45, 7) is 28.4. The van der Waals surface area contributed by atoms with Crippen molar-refractivity contribution in [2.45, 2.75) is 119 Å². The van der Waals surface area contributed by atoms with Crippen LogP contribution >= 0.6 is 0 Å². The van der Waals surface area contributed by atoms with E-state index in [4.69, 9.17) is 0 Å². The van der Waals surface area contributed by atoms with E-state index >= 15 is 0 Å². The smallest absolute Gasteiger partial charge is 0.358 e. The molecule has 0 saturated heterocycles. The molecule has 0 fully saturated rings. The molecule has 0 bridgehead atoms. The van der Waals surface area contributed by atoms with Gasteiger partial charge >= 0.3 is 35.6 Å². The molecular formula is C24H63LaN6. The minimum absolute atomic E-state index is 0. The van der Waals surface area contributed by atoms with E-state index < -0.39 is 0 Å². The first-order valence-electron chi connectivity index (χ1n) is 10.8. The summed E-state index contributed by atoms with van der Waals surface area (Å²) in [4.78, 5) is 0. The summed E-state index contributed by atoms with van der Waals surface area (Å²) < 4.78 is 0. The fourth-order valence-electron chi connectivity index (χ4n) is 1.40. The second kappa shape index (κ2) is 35.5. The molecule has 0 saturated carbocycles. The van der Waals surface area contributed by atoms with E-state index in [-0.39, 0.29) is 57.9 Å². The molecule has 0 aliphatic rings. The second-order valence-electron chi connectivity index (χ2n) is 8.68. The van der Waals surface area contributed by atoms with Crippen LogP contribution in [0.1, 0.15) is 83.1 Å². The minimum Gasteiger partial charge on any atom is -0.358 e. The Morgan fingerprint density at radius 3 is 0.484 bits per heavy atom. The summed E-state index contributed by atoms with van der Waals surface area (Å²) in [6, 6.07) is 3.48. The molecule has 0 radical (unpaired) electrons. The summed E-state index contributed by atoms with van der Waals surface area (Å²) >= 11 is 0. The van der Waals surface area contributed by atoms with Crippen molar-refractivity contribution in [2.75, 3.05) is 20.0 Å². The van der Waals surface area contributed by atoms with Crippen molar-refractivity contribution in [1.29, 1.82) is 0 Å². The largest absolute Gasteiger partial charge is 3.00 e. The molecule has 6 nitrogen and oxygen atoms in total. The normalized spacial score (nSPS) is 9.87. The maximum Gasteiger partial charge on any atom is 3.00 e. The molecule has 0 aromatic heterocycles. The Bertz CT molecular complexity index is 206. The van der Waals surface area contributed by atoms with Crippen LogP contribution in [0.4, 0.5) is 0 Å². The SMILES string of the molecule is CC(C)NCNC(C)C.CC(C)NCNC(C)C.CC(C)NCNC(C)C.[CH3-].[CH3-].[CH3-].[La+3]. The van der Waals surface area contributed by atoms with Crippen molar-refractivity contribution in [3.05, 3.63) is 22.3 Å². The number of hydrogen-bond acceptors (Lipinski definition) is 6. The first-order chi connectivity index (χ1) is 12.4. The molecule has 0 aromatic rings. The fourth-order valence-corrected chi connectivity index (χ4v) is 1.40. The van der Waals surface area contributed by atoms with Gasteiger partial charge in [0, 0.05) is 56.3 Å². The zero-order valence-corrected chi connectivity index (χ0v) is 27.8. The van der Waals surface area contributed by atoms with Crippen LogP contribution in [0.25, 0.3) is 0 Å². The Hall–Kier alpha value is 0.955. The predicted molar refractivity (Wildman–Crippen MR) is 143 cm³/mol. The van der Waals surface area contributed by atoms with Crippen LogP contribution < -0.4 is 31.9 Å². The maximum atomic E-state index is 3.27. The van der Waals surface area contributed by atoms with E-state index in [2.05, 4.69) is 115 Å². The van der Waals surface area contributed by atoms with Gasteiger partial charge in [0.1, 0.15) is 0 Å². The first-order valence-corrected chi connectivity index (χ1v) is 10.8. The van der Waals surface area contributed by atoms with E-state index in [0.717, 1.165) is 20.0 Å². The van der Waals surface area contributed by atoms with Gasteiger partial charge in [-0.1, -0.05) is 0 Å². The molecule has 6 N–H and O–H groups in total. The molecule has 0 spiro atoms. The molecule has 0 amide bonds. The quantitative estimate of drug-likeness (QED) is 0.155. The molecule has 0 unspecified atom stereocenters. The Balaban J connectivity index is -0.0000000524. The molecule has 0 aliphatic heterocycles. The fraction of sp³-hybridized carbons (Fsp3) is 0.875. The van der Waals surface area contributed by atoms with Crippen LogP contribution in [0.15, 0.2) is 0 Å². The third-order valence-corrected chi connectivity index (χ3v) is 3.06. The number of rotatable bonds is 12. The van der Waals surface area contributed by atoms with E-state index in [0.29, 0.717) is 36.3 Å². The third kappa shape index (κ3) is 72.2. The zero-order valence-electron chi connectivity index (χ0n) is 24.2. The van der Waals surface area contributed by atoms with Crippen LogP contribution in [-0.4, -0.2) is 56.3 Å². The molecule has 0 rings (SSSR count). The molecule has 0 aromatic carbocycles. The molecule has 0 atom stereocenters. The van der Waals surface area contributed by atoms with Gasteiger partial charge in [-0.3, -0.25) is 0 Å². The summed E-state index contributed by atoms with van der Waals surface area (Å²) in [5, 5.41) is 19.6. The van der Waals surface area contributed by atoms with E-state index in [1.54, 1.807) is 0 Å². The molecule has 0 aliphatic carbocycles. The first kappa shape index (κ1) is 49.2. The Labute approximate surface area is 228 Å². The van der Waals surface area contributed by atoms with Crippen molar-refractivity contribution < 1.29 is 35.6 Å². The molecule has 7 heteroatoms. The predicted octanol–water partition coefficient (Wildman–Crippen LogP) is 4.17. The number of nitrogens with one attached hydrogen (secondary N) is 6. The molecule has 192 valence electrons. The van der Waals surface area contributed by atoms with Crippen LogP contribution in [0.3, 0.4) is 0 Å². The van der Waals surface area contributed by atoms with Gasteiger partial charge in [0.25, 0.3) is 0 Å². The zero-order chi connectivity index (χ0) is 21.8. The van der Waals surface area contributed by atoms with E-state index in [1.165, 1.54) is 0 Å². The van der Waals surface area contributed by atoms with Gasteiger partial charge in [-0.25, -0.2) is 0 Å². The van der Waals surface area contributed by atoms with Gasteiger partial charge in [-0.05, 0) is 83.1 Å². The average molecular weight is 575 g/mol. The molecular weight excluding hydrogens is 511 g/mol. The monoisotopic (exact) mass is 574 g/mol. The van der Waals surface area contributed by atoms with Gasteiger partial charge in [0.2, 0.25) is 0 Å². The maximum absolute atomic E-state index is 3.27. The van der Waals surface area contributed by atoms with Gasteiger partial charge < -0.3 is 54.2 Å². The Kier molecular flexibility index (Phi) is 56.4. The van der Waals surface area contributed by atoms with Crippen LogP contribution in [0.5, 0.6) is 0 Å².